The topological polar surface area (TPSA) is 63.0 Å². The van der Waals surface area contributed by atoms with Crippen molar-refractivity contribution in [3.05, 3.63) is 44.3 Å². The summed E-state index contributed by atoms with van der Waals surface area (Å²) in [5, 5.41) is 12.4. The number of carbonyl (C=O) groups excluding carboxylic acids is 1. The molecule has 0 saturated carbocycles. The number of hydrogen-bond acceptors (Lipinski definition) is 4. The summed E-state index contributed by atoms with van der Waals surface area (Å²) in [5.41, 5.74) is 0.993. The van der Waals surface area contributed by atoms with Crippen LogP contribution in [0.25, 0.3) is 0 Å². The Morgan fingerprint density at radius 1 is 1.25 bits per heavy atom. The quantitative estimate of drug-likeness (QED) is 0.825. The van der Waals surface area contributed by atoms with Crippen LogP contribution in [0.3, 0.4) is 0 Å². The zero-order chi connectivity index (χ0) is 17.4. The molecule has 130 valence electrons. The number of carbonyl (C=O) groups is 1. The summed E-state index contributed by atoms with van der Waals surface area (Å²) in [4.78, 5) is 18.3. The highest BCUT2D eigenvalue weighted by molar-refractivity contribution is 6.36. The van der Waals surface area contributed by atoms with Gasteiger partial charge in [-0.1, -0.05) is 23.2 Å². The minimum atomic E-state index is -1.05. The number of ether oxygens (including phenoxy) is 1. The van der Waals surface area contributed by atoms with E-state index in [1.807, 2.05) is 13.8 Å². The maximum Gasteiger partial charge on any atom is 0.228 e. The summed E-state index contributed by atoms with van der Waals surface area (Å²) in [7, 11) is 0. The van der Waals surface area contributed by atoms with Gasteiger partial charge in [-0.05, 0) is 45.2 Å². The number of rotatable bonds is 3. The van der Waals surface area contributed by atoms with Crippen LogP contribution in [0.1, 0.15) is 51.1 Å². The lowest BCUT2D eigenvalue weighted by atomic mass is 9.88. The number of allylic oxidation sites excluding steroid dienone is 1. The molecule has 0 fully saturated rings. The Morgan fingerprint density at radius 3 is 2.67 bits per heavy atom. The van der Waals surface area contributed by atoms with Gasteiger partial charge in [-0.25, -0.2) is 0 Å². The fraction of sp³-hybridized carbons (Fsp3) is 0.471. The van der Waals surface area contributed by atoms with Gasteiger partial charge in [0.05, 0.1) is 16.1 Å². The SMILES string of the molecule is CC(C)Oc1cc(C2C(=O)C3=C(CCCC3)O[NH+]2[O-])c(Cl)cc1Cl. The van der Waals surface area contributed by atoms with Crippen molar-refractivity contribution in [3.8, 4) is 5.75 Å². The van der Waals surface area contributed by atoms with Gasteiger partial charge in [0.15, 0.2) is 5.76 Å². The average molecular weight is 372 g/mol. The van der Waals surface area contributed by atoms with Crippen LogP contribution in [0.4, 0.5) is 0 Å². The first-order valence-corrected chi connectivity index (χ1v) is 8.77. The largest absolute Gasteiger partial charge is 0.590 e. The third kappa shape index (κ3) is 3.26. The molecule has 2 atom stereocenters. The molecule has 24 heavy (non-hydrogen) atoms. The molecule has 1 aliphatic carbocycles. The van der Waals surface area contributed by atoms with Gasteiger partial charge >= 0.3 is 0 Å². The van der Waals surface area contributed by atoms with Gasteiger partial charge in [0, 0.05) is 17.6 Å². The van der Waals surface area contributed by atoms with E-state index in [1.54, 1.807) is 6.07 Å². The third-order valence-electron chi connectivity index (χ3n) is 4.16. The molecule has 7 heteroatoms. The van der Waals surface area contributed by atoms with Gasteiger partial charge in [0.25, 0.3) is 0 Å². The minimum Gasteiger partial charge on any atom is -0.590 e. The fourth-order valence-electron chi connectivity index (χ4n) is 3.09. The number of quaternary nitrogens is 1. The zero-order valence-corrected chi connectivity index (χ0v) is 15.0. The highest BCUT2D eigenvalue weighted by atomic mass is 35.5. The standard InChI is InChI=1S/C17H19Cl2NO4/c1-9(2)23-15-7-11(12(18)8-13(15)19)16-17(21)10-5-3-4-6-14(10)24-20(16)22/h7-9,16,20H,3-6H2,1-2H3. The maximum absolute atomic E-state index is 12.9. The predicted octanol–water partition coefficient (Wildman–Crippen LogP) is 3.55. The van der Waals surface area contributed by atoms with E-state index in [0.29, 0.717) is 40.5 Å². The Balaban J connectivity index is 2.01. The molecule has 0 bridgehead atoms. The van der Waals surface area contributed by atoms with Crippen LogP contribution in [0.2, 0.25) is 10.0 Å². The van der Waals surface area contributed by atoms with Crippen LogP contribution >= 0.6 is 23.2 Å². The first-order chi connectivity index (χ1) is 11.4. The predicted molar refractivity (Wildman–Crippen MR) is 90.9 cm³/mol. The molecule has 0 amide bonds. The number of halogens is 2. The number of benzene rings is 1. The van der Waals surface area contributed by atoms with Crippen LogP contribution in [0.5, 0.6) is 5.75 Å². The van der Waals surface area contributed by atoms with E-state index in [0.717, 1.165) is 12.8 Å². The molecule has 3 rings (SSSR count). The first kappa shape index (κ1) is 17.5. The number of hydroxylamine groups is 2. The van der Waals surface area contributed by atoms with Crippen molar-refractivity contribution in [2.45, 2.75) is 51.7 Å². The molecule has 0 spiro atoms. The van der Waals surface area contributed by atoms with Crippen molar-refractivity contribution in [2.24, 2.45) is 0 Å². The van der Waals surface area contributed by atoms with Gasteiger partial charge in [-0.15, -0.1) is 0 Å². The molecule has 1 N–H and O–H groups in total. The Labute approximate surface area is 150 Å². The highest BCUT2D eigenvalue weighted by Gasteiger charge is 2.41. The highest BCUT2D eigenvalue weighted by Crippen LogP contribution is 2.37. The van der Waals surface area contributed by atoms with E-state index in [-0.39, 0.29) is 16.9 Å². The van der Waals surface area contributed by atoms with E-state index in [9.17, 15) is 10.0 Å². The van der Waals surface area contributed by atoms with Crippen molar-refractivity contribution in [3.63, 3.8) is 0 Å². The molecular weight excluding hydrogens is 353 g/mol. The van der Waals surface area contributed by atoms with Crippen LogP contribution in [0.15, 0.2) is 23.5 Å². The molecule has 0 saturated heterocycles. The van der Waals surface area contributed by atoms with E-state index in [4.69, 9.17) is 32.8 Å². The van der Waals surface area contributed by atoms with Crippen molar-refractivity contribution in [2.75, 3.05) is 0 Å². The molecule has 5 nitrogen and oxygen atoms in total. The summed E-state index contributed by atoms with van der Waals surface area (Å²) in [5.74, 6) is 0.701. The lowest BCUT2D eigenvalue weighted by molar-refractivity contribution is -1.06. The smallest absolute Gasteiger partial charge is 0.228 e. The molecule has 2 unspecified atom stereocenters. The maximum atomic E-state index is 12.9. The lowest BCUT2D eigenvalue weighted by Gasteiger charge is -2.36. The molecule has 0 radical (unpaired) electrons. The zero-order valence-electron chi connectivity index (χ0n) is 13.5. The van der Waals surface area contributed by atoms with Gasteiger partial charge < -0.3 is 14.8 Å². The van der Waals surface area contributed by atoms with Crippen molar-refractivity contribution < 1.29 is 19.6 Å². The second kappa shape index (κ2) is 6.92. The van der Waals surface area contributed by atoms with Crippen LogP contribution in [-0.4, -0.2) is 11.9 Å². The Hall–Kier alpha value is -1.27. The van der Waals surface area contributed by atoms with E-state index in [1.165, 1.54) is 6.07 Å². The summed E-state index contributed by atoms with van der Waals surface area (Å²) in [6.07, 6.45) is 3.02. The van der Waals surface area contributed by atoms with E-state index >= 15 is 0 Å². The van der Waals surface area contributed by atoms with Crippen LogP contribution in [-0.2, 0) is 9.63 Å². The first-order valence-electron chi connectivity index (χ1n) is 8.02. The van der Waals surface area contributed by atoms with E-state index in [2.05, 4.69) is 0 Å². The van der Waals surface area contributed by atoms with Crippen molar-refractivity contribution >= 4 is 29.0 Å². The van der Waals surface area contributed by atoms with Gasteiger partial charge in [-0.3, -0.25) is 4.79 Å². The monoisotopic (exact) mass is 371 g/mol. The fourth-order valence-corrected chi connectivity index (χ4v) is 3.63. The molecule has 1 aromatic carbocycles. The molecule has 2 aliphatic rings. The molecule has 1 aromatic rings. The number of Topliss-reactive ketones (excluding diaryl/α,β-unsaturated/α-hetero) is 1. The summed E-state index contributed by atoms with van der Waals surface area (Å²) >= 11 is 12.4. The van der Waals surface area contributed by atoms with Crippen LogP contribution in [0, 0.1) is 5.21 Å². The Kier molecular flexibility index (Phi) is 5.06. The lowest BCUT2D eigenvalue weighted by Crippen LogP contribution is -3.08. The molecule has 0 aromatic heterocycles. The average Bonchev–Trinajstić information content (AvgIpc) is 2.51. The molecule has 1 heterocycles. The van der Waals surface area contributed by atoms with Crippen LogP contribution < -0.4 is 9.96 Å². The second-order valence-electron chi connectivity index (χ2n) is 6.30. The van der Waals surface area contributed by atoms with Crippen molar-refractivity contribution in [1.29, 1.82) is 0 Å². The normalized spacial score (nSPS) is 24.0. The molecule has 1 aliphatic heterocycles. The summed E-state index contributed by atoms with van der Waals surface area (Å²) in [6.45, 7) is 3.73. The summed E-state index contributed by atoms with van der Waals surface area (Å²) in [6, 6.07) is 2.02. The Morgan fingerprint density at radius 2 is 1.96 bits per heavy atom. The Bertz CT molecular complexity index is 702. The minimum absolute atomic E-state index is 0.0989. The number of nitrogens with one attached hydrogen (secondary N) is 1. The molecular formula is C17H19Cl2NO4. The third-order valence-corrected chi connectivity index (χ3v) is 4.78. The number of hydrogen-bond donors (Lipinski definition) is 1. The van der Waals surface area contributed by atoms with E-state index < -0.39 is 11.3 Å². The number of ketones is 1. The second-order valence-corrected chi connectivity index (χ2v) is 7.11. The summed E-state index contributed by atoms with van der Waals surface area (Å²) < 4.78 is 5.64. The van der Waals surface area contributed by atoms with Gasteiger partial charge in [0.2, 0.25) is 11.8 Å². The van der Waals surface area contributed by atoms with Gasteiger partial charge in [0.1, 0.15) is 5.75 Å². The van der Waals surface area contributed by atoms with Gasteiger partial charge in [-0.2, -0.15) is 5.23 Å². The van der Waals surface area contributed by atoms with Crippen molar-refractivity contribution in [1.82, 2.24) is 0 Å².